The minimum atomic E-state index is -1.29. The van der Waals surface area contributed by atoms with Crippen molar-refractivity contribution in [3.8, 4) is 0 Å². The number of fused-ring (bicyclic) bond motifs is 2. The Labute approximate surface area is 205 Å². The molecule has 35 heavy (non-hydrogen) atoms. The van der Waals surface area contributed by atoms with Crippen LogP contribution in [0.4, 0.5) is 0 Å². The number of nitrogens with zero attached hydrogens (tertiary/aromatic N) is 3. The van der Waals surface area contributed by atoms with Gasteiger partial charge in [-0.25, -0.2) is 0 Å². The number of amides is 2. The molecule has 0 aromatic carbocycles. The largest absolute Gasteiger partial charge is 0.465 e. The third-order valence-corrected chi connectivity index (χ3v) is 7.90. The lowest BCUT2D eigenvalue weighted by molar-refractivity contribution is -0.156. The Kier molecular flexibility index (Phi) is 6.98. The van der Waals surface area contributed by atoms with E-state index in [-0.39, 0.29) is 25.0 Å². The number of esters is 1. The van der Waals surface area contributed by atoms with E-state index in [1.807, 2.05) is 24.3 Å². The molecule has 0 saturated carbocycles. The maximum absolute atomic E-state index is 14.0. The van der Waals surface area contributed by atoms with Crippen molar-refractivity contribution in [1.82, 2.24) is 14.7 Å². The highest BCUT2D eigenvalue weighted by Crippen LogP contribution is 2.53. The smallest absolute Gasteiger partial charge is 0.312 e. The van der Waals surface area contributed by atoms with Crippen LogP contribution in [0.3, 0.4) is 0 Å². The summed E-state index contributed by atoms with van der Waals surface area (Å²) < 4.78 is 17.5. The van der Waals surface area contributed by atoms with Crippen LogP contribution in [0.2, 0.25) is 0 Å². The number of ether oxygens (including phenoxy) is 3. The number of cyclic esters (lactones) is 1. The standard InChI is InChI=1S/C25H35N3O7/c1-17(16-29)28-21-23(31)27(10-9-26-11-14-33-15-12-26)8-5-7-25(21)20(22(28)30)19-18(35-25)6-3-2-4-13-34-24(19)32/h3,5-7,17-21,29H,2,4,8-16H2,1H3/b6-3-/t17?,18-,19?,20+,21-,25?/m1/s1. The second-order valence-electron chi connectivity index (χ2n) is 10.00. The Morgan fingerprint density at radius 1 is 1.11 bits per heavy atom. The Bertz CT molecular complexity index is 901. The van der Waals surface area contributed by atoms with Crippen LogP contribution in [-0.4, -0.2) is 121 Å². The quantitative estimate of drug-likeness (QED) is 0.410. The molecule has 0 aliphatic carbocycles. The summed E-state index contributed by atoms with van der Waals surface area (Å²) in [7, 11) is 0. The molecule has 5 aliphatic rings. The lowest BCUT2D eigenvalue weighted by Gasteiger charge is -2.38. The number of aliphatic hydroxyl groups excluding tert-OH is 1. The molecule has 0 aromatic rings. The molecule has 0 radical (unpaired) electrons. The van der Waals surface area contributed by atoms with Crippen molar-refractivity contribution in [1.29, 1.82) is 0 Å². The number of aliphatic hydroxyl groups is 1. The molecule has 3 saturated heterocycles. The number of hydrogen-bond donors (Lipinski definition) is 1. The lowest BCUT2D eigenvalue weighted by Crippen LogP contribution is -2.58. The summed E-state index contributed by atoms with van der Waals surface area (Å²) in [4.78, 5) is 46.5. The van der Waals surface area contributed by atoms with E-state index in [0.29, 0.717) is 39.3 Å². The fourth-order valence-corrected chi connectivity index (χ4v) is 6.09. The van der Waals surface area contributed by atoms with Crippen LogP contribution in [0.5, 0.6) is 0 Å². The Hall–Kier alpha value is -2.27. The zero-order valence-electron chi connectivity index (χ0n) is 20.2. The van der Waals surface area contributed by atoms with Crippen molar-refractivity contribution >= 4 is 17.8 Å². The van der Waals surface area contributed by atoms with Gasteiger partial charge in [-0.3, -0.25) is 19.3 Å². The number of carbonyl (C=O) groups excluding carboxylic acids is 3. The molecule has 192 valence electrons. The monoisotopic (exact) mass is 489 g/mol. The van der Waals surface area contributed by atoms with E-state index >= 15 is 0 Å². The molecule has 1 spiro atoms. The number of morpholine rings is 1. The highest BCUT2D eigenvalue weighted by Gasteiger charge is 2.72. The highest BCUT2D eigenvalue weighted by molar-refractivity contribution is 5.99. The third kappa shape index (κ3) is 4.20. The third-order valence-electron chi connectivity index (χ3n) is 7.90. The van der Waals surface area contributed by atoms with Crippen LogP contribution in [0.1, 0.15) is 19.8 Å². The van der Waals surface area contributed by atoms with Gasteiger partial charge in [-0.05, 0) is 19.8 Å². The van der Waals surface area contributed by atoms with Gasteiger partial charge in [0.05, 0.1) is 44.5 Å². The van der Waals surface area contributed by atoms with E-state index < -0.39 is 41.6 Å². The van der Waals surface area contributed by atoms with Crippen molar-refractivity contribution in [2.45, 2.75) is 43.6 Å². The van der Waals surface area contributed by atoms with Crippen molar-refractivity contribution in [2.24, 2.45) is 11.8 Å². The molecule has 0 aromatic heterocycles. The van der Waals surface area contributed by atoms with Gasteiger partial charge < -0.3 is 29.1 Å². The normalized spacial score (nSPS) is 37.5. The van der Waals surface area contributed by atoms with E-state index in [2.05, 4.69) is 4.90 Å². The first kappa shape index (κ1) is 24.4. The number of rotatable bonds is 5. The number of likely N-dealkylation sites (tertiary alicyclic amines) is 1. The van der Waals surface area contributed by atoms with Gasteiger partial charge in [-0.2, -0.15) is 0 Å². The SMILES string of the molecule is CC(CO)N1C(=O)[C@@H]2C3C(=O)OCCC/C=C\[C@H]3OC23C=CCN(CCN2CCOCC2)C(=O)[C@@H]13. The second-order valence-corrected chi connectivity index (χ2v) is 10.00. The van der Waals surface area contributed by atoms with Gasteiger partial charge in [0.1, 0.15) is 17.6 Å². The van der Waals surface area contributed by atoms with Gasteiger partial charge in [0.15, 0.2) is 0 Å². The van der Waals surface area contributed by atoms with E-state index in [1.54, 1.807) is 11.8 Å². The average molecular weight is 490 g/mol. The molecule has 5 rings (SSSR count). The van der Waals surface area contributed by atoms with E-state index in [4.69, 9.17) is 14.2 Å². The number of hydrogen-bond acceptors (Lipinski definition) is 8. The number of carbonyl (C=O) groups is 3. The first-order valence-electron chi connectivity index (χ1n) is 12.7. The number of allylic oxidation sites excluding steroid dienone is 1. The van der Waals surface area contributed by atoms with Crippen LogP contribution < -0.4 is 0 Å². The van der Waals surface area contributed by atoms with E-state index in [9.17, 15) is 19.5 Å². The predicted molar refractivity (Wildman–Crippen MR) is 124 cm³/mol. The summed E-state index contributed by atoms with van der Waals surface area (Å²) in [5, 5.41) is 9.97. The fraction of sp³-hybridized carbons (Fsp3) is 0.720. The first-order chi connectivity index (χ1) is 17.0. The minimum absolute atomic E-state index is 0.219. The highest BCUT2D eigenvalue weighted by atomic mass is 16.6. The molecule has 3 fully saturated rings. The molecule has 2 amide bonds. The van der Waals surface area contributed by atoms with Gasteiger partial charge in [0, 0.05) is 32.7 Å². The molecule has 5 aliphatic heterocycles. The Morgan fingerprint density at radius 3 is 2.69 bits per heavy atom. The van der Waals surface area contributed by atoms with E-state index in [1.165, 1.54) is 4.90 Å². The summed E-state index contributed by atoms with van der Waals surface area (Å²) in [5.41, 5.74) is -1.29. The van der Waals surface area contributed by atoms with Gasteiger partial charge >= 0.3 is 5.97 Å². The molecular weight excluding hydrogens is 454 g/mol. The maximum atomic E-state index is 14.0. The van der Waals surface area contributed by atoms with Crippen LogP contribution >= 0.6 is 0 Å². The molecule has 5 heterocycles. The first-order valence-corrected chi connectivity index (χ1v) is 12.7. The average Bonchev–Trinajstić information content (AvgIpc) is 3.29. The van der Waals surface area contributed by atoms with Crippen LogP contribution in [0.15, 0.2) is 24.3 Å². The summed E-state index contributed by atoms with van der Waals surface area (Å²) in [6.45, 7) is 6.30. The zero-order valence-corrected chi connectivity index (χ0v) is 20.2. The Balaban J connectivity index is 1.49. The molecule has 1 N–H and O–H groups in total. The van der Waals surface area contributed by atoms with Crippen LogP contribution in [0, 0.1) is 11.8 Å². The summed E-state index contributed by atoms with van der Waals surface area (Å²) in [5.74, 6) is -2.76. The summed E-state index contributed by atoms with van der Waals surface area (Å²) in [6, 6.07) is -1.56. The fourth-order valence-electron chi connectivity index (χ4n) is 6.09. The molecular formula is C25H35N3O7. The van der Waals surface area contributed by atoms with Gasteiger partial charge in [-0.15, -0.1) is 0 Å². The molecule has 10 nitrogen and oxygen atoms in total. The van der Waals surface area contributed by atoms with Gasteiger partial charge in [-0.1, -0.05) is 24.3 Å². The molecule has 0 bridgehead atoms. The van der Waals surface area contributed by atoms with Crippen molar-refractivity contribution < 1.29 is 33.7 Å². The Morgan fingerprint density at radius 2 is 1.91 bits per heavy atom. The summed E-state index contributed by atoms with van der Waals surface area (Å²) >= 11 is 0. The molecule has 3 unspecified atom stereocenters. The maximum Gasteiger partial charge on any atom is 0.312 e. The predicted octanol–water partition coefficient (Wildman–Crippen LogP) is -0.428. The van der Waals surface area contributed by atoms with Crippen LogP contribution in [0.25, 0.3) is 0 Å². The van der Waals surface area contributed by atoms with Gasteiger partial charge in [0.25, 0.3) is 0 Å². The topological polar surface area (TPSA) is 109 Å². The molecule has 6 atom stereocenters. The van der Waals surface area contributed by atoms with Crippen molar-refractivity contribution in [2.75, 3.05) is 59.2 Å². The van der Waals surface area contributed by atoms with Crippen molar-refractivity contribution in [3.05, 3.63) is 24.3 Å². The van der Waals surface area contributed by atoms with E-state index in [0.717, 1.165) is 19.5 Å². The molecule has 10 heteroatoms. The minimum Gasteiger partial charge on any atom is -0.465 e. The second kappa shape index (κ2) is 10.0. The summed E-state index contributed by atoms with van der Waals surface area (Å²) in [6.07, 6.45) is 8.29. The van der Waals surface area contributed by atoms with Crippen LogP contribution in [-0.2, 0) is 28.6 Å². The van der Waals surface area contributed by atoms with Gasteiger partial charge in [0.2, 0.25) is 11.8 Å². The lowest BCUT2D eigenvalue weighted by atomic mass is 9.78. The zero-order chi connectivity index (χ0) is 24.6. The van der Waals surface area contributed by atoms with Crippen molar-refractivity contribution in [3.63, 3.8) is 0 Å².